The second-order valence-electron chi connectivity index (χ2n) is 6.70. The maximum atomic E-state index is 13.7. The van der Waals surface area contributed by atoms with E-state index >= 15 is 0 Å². The monoisotopic (exact) mass is 352 g/mol. The number of halogens is 1. The van der Waals surface area contributed by atoms with E-state index in [-0.39, 0.29) is 17.8 Å². The van der Waals surface area contributed by atoms with Crippen molar-refractivity contribution in [3.8, 4) is 5.75 Å². The zero-order chi connectivity index (χ0) is 18.1. The predicted molar refractivity (Wildman–Crippen MR) is 98.9 cm³/mol. The molecule has 0 aliphatic carbocycles. The molecule has 4 rings (SSSR count). The van der Waals surface area contributed by atoms with Crippen LogP contribution >= 0.6 is 0 Å². The second-order valence-corrected chi connectivity index (χ2v) is 6.70. The van der Waals surface area contributed by atoms with Crippen LogP contribution in [-0.4, -0.2) is 29.4 Å². The molecule has 0 bridgehead atoms. The minimum absolute atomic E-state index is 0.0471. The molecule has 26 heavy (non-hydrogen) atoms. The van der Waals surface area contributed by atoms with Gasteiger partial charge in [0.05, 0.1) is 13.2 Å². The molecule has 1 amide bonds. The SMILES string of the molecule is COc1ccc2[nH]c(C(=O)N3CCCC[C@H]3c3cccc(F)c3)cc2c1. The molecule has 0 saturated carbocycles. The number of aromatic amines is 1. The summed E-state index contributed by atoms with van der Waals surface area (Å²) in [5.41, 5.74) is 2.31. The number of hydrogen-bond acceptors (Lipinski definition) is 2. The van der Waals surface area contributed by atoms with Crippen LogP contribution in [-0.2, 0) is 0 Å². The summed E-state index contributed by atoms with van der Waals surface area (Å²) in [5, 5.41) is 0.937. The van der Waals surface area contributed by atoms with Crippen molar-refractivity contribution in [3.63, 3.8) is 0 Å². The van der Waals surface area contributed by atoms with Gasteiger partial charge < -0.3 is 14.6 Å². The van der Waals surface area contributed by atoms with Gasteiger partial charge in [-0.2, -0.15) is 0 Å². The van der Waals surface area contributed by atoms with Gasteiger partial charge in [0.2, 0.25) is 0 Å². The third-order valence-corrected chi connectivity index (χ3v) is 5.06. The molecule has 0 radical (unpaired) electrons. The summed E-state index contributed by atoms with van der Waals surface area (Å²) in [6, 6.07) is 14.0. The minimum atomic E-state index is -0.266. The topological polar surface area (TPSA) is 45.3 Å². The molecule has 1 atom stereocenters. The number of benzene rings is 2. The zero-order valence-corrected chi connectivity index (χ0v) is 14.7. The summed E-state index contributed by atoms with van der Waals surface area (Å²) in [5.74, 6) is 0.443. The minimum Gasteiger partial charge on any atom is -0.497 e. The highest BCUT2D eigenvalue weighted by molar-refractivity contribution is 5.98. The molecule has 1 aromatic heterocycles. The van der Waals surface area contributed by atoms with Crippen molar-refractivity contribution in [2.45, 2.75) is 25.3 Å². The Labute approximate surface area is 151 Å². The number of nitrogens with zero attached hydrogens (tertiary/aromatic N) is 1. The Kier molecular flexibility index (Phi) is 4.37. The van der Waals surface area contributed by atoms with Crippen LogP contribution in [0.25, 0.3) is 10.9 Å². The lowest BCUT2D eigenvalue weighted by molar-refractivity contribution is 0.0606. The molecule has 4 nitrogen and oxygen atoms in total. The highest BCUT2D eigenvalue weighted by atomic mass is 19.1. The Morgan fingerprint density at radius 2 is 2.08 bits per heavy atom. The van der Waals surface area contributed by atoms with Gasteiger partial charge in [-0.25, -0.2) is 4.39 Å². The van der Waals surface area contributed by atoms with E-state index in [0.29, 0.717) is 12.2 Å². The number of carbonyl (C=O) groups excluding carboxylic acids is 1. The van der Waals surface area contributed by atoms with Crippen LogP contribution in [0, 0.1) is 5.82 Å². The van der Waals surface area contributed by atoms with Gasteiger partial charge in [0.1, 0.15) is 17.3 Å². The number of fused-ring (bicyclic) bond motifs is 1. The highest BCUT2D eigenvalue weighted by Crippen LogP contribution is 2.33. The number of piperidine rings is 1. The molecular formula is C21H21FN2O2. The van der Waals surface area contributed by atoms with E-state index in [1.807, 2.05) is 35.2 Å². The number of H-pyrrole nitrogens is 1. The molecule has 1 N–H and O–H groups in total. The molecule has 1 fully saturated rings. The lowest BCUT2D eigenvalue weighted by Crippen LogP contribution is -2.38. The molecule has 1 aliphatic heterocycles. The lowest BCUT2D eigenvalue weighted by Gasteiger charge is -2.36. The number of rotatable bonds is 3. The fourth-order valence-electron chi connectivity index (χ4n) is 3.74. The number of ether oxygens (including phenoxy) is 1. The number of hydrogen-bond donors (Lipinski definition) is 1. The quantitative estimate of drug-likeness (QED) is 0.744. The summed E-state index contributed by atoms with van der Waals surface area (Å²) in [4.78, 5) is 18.2. The summed E-state index contributed by atoms with van der Waals surface area (Å²) < 4.78 is 18.9. The standard InChI is InChI=1S/C21H21FN2O2/c1-26-17-8-9-18-15(12-17)13-19(23-18)21(25)24-10-3-2-7-20(24)14-5-4-6-16(22)11-14/h4-6,8-9,11-13,20,23H,2-3,7,10H2,1H3/t20-/m0/s1. The number of methoxy groups -OCH3 is 1. The molecule has 0 spiro atoms. The molecule has 2 heterocycles. The first-order valence-corrected chi connectivity index (χ1v) is 8.89. The second kappa shape index (κ2) is 6.83. The number of likely N-dealkylation sites (tertiary alicyclic amines) is 1. The Morgan fingerprint density at radius 1 is 1.19 bits per heavy atom. The summed E-state index contributed by atoms with van der Waals surface area (Å²) in [6.45, 7) is 0.679. The van der Waals surface area contributed by atoms with Crippen LogP contribution in [0.1, 0.15) is 41.4 Å². The third kappa shape index (κ3) is 3.05. The highest BCUT2D eigenvalue weighted by Gasteiger charge is 2.29. The van der Waals surface area contributed by atoms with Crippen molar-refractivity contribution in [1.29, 1.82) is 0 Å². The number of amides is 1. The molecule has 1 aliphatic rings. The van der Waals surface area contributed by atoms with E-state index in [0.717, 1.165) is 41.5 Å². The number of carbonyl (C=O) groups is 1. The van der Waals surface area contributed by atoms with Crippen LogP contribution in [0.4, 0.5) is 4.39 Å². The van der Waals surface area contributed by atoms with Crippen LogP contribution < -0.4 is 4.74 Å². The van der Waals surface area contributed by atoms with Crippen molar-refractivity contribution in [2.75, 3.05) is 13.7 Å². The summed E-state index contributed by atoms with van der Waals surface area (Å²) >= 11 is 0. The van der Waals surface area contributed by atoms with Crippen molar-refractivity contribution in [3.05, 3.63) is 65.6 Å². The van der Waals surface area contributed by atoms with Crippen LogP contribution in [0.15, 0.2) is 48.5 Å². The Hall–Kier alpha value is -2.82. The first-order chi connectivity index (χ1) is 12.7. The molecule has 2 aromatic carbocycles. The van der Waals surface area contributed by atoms with E-state index in [4.69, 9.17) is 4.74 Å². The summed E-state index contributed by atoms with van der Waals surface area (Å²) in [7, 11) is 1.62. The smallest absolute Gasteiger partial charge is 0.270 e. The van der Waals surface area contributed by atoms with E-state index < -0.39 is 0 Å². The van der Waals surface area contributed by atoms with Gasteiger partial charge in [-0.1, -0.05) is 12.1 Å². The zero-order valence-electron chi connectivity index (χ0n) is 14.7. The molecule has 134 valence electrons. The maximum Gasteiger partial charge on any atom is 0.270 e. The third-order valence-electron chi connectivity index (χ3n) is 5.06. The van der Waals surface area contributed by atoms with Gasteiger partial charge in [0.25, 0.3) is 5.91 Å². The predicted octanol–water partition coefficient (Wildman–Crippen LogP) is 4.68. The molecule has 0 unspecified atom stereocenters. The molecular weight excluding hydrogens is 331 g/mol. The van der Waals surface area contributed by atoms with Crippen molar-refractivity contribution < 1.29 is 13.9 Å². The van der Waals surface area contributed by atoms with Gasteiger partial charge in [-0.3, -0.25) is 4.79 Å². The van der Waals surface area contributed by atoms with Gasteiger partial charge in [-0.05, 0) is 61.2 Å². The van der Waals surface area contributed by atoms with Gasteiger partial charge in [0, 0.05) is 17.4 Å². The van der Waals surface area contributed by atoms with Gasteiger partial charge in [0.15, 0.2) is 0 Å². The van der Waals surface area contributed by atoms with E-state index in [1.54, 1.807) is 13.2 Å². The fraction of sp³-hybridized carbons (Fsp3) is 0.286. The van der Waals surface area contributed by atoms with Crippen LogP contribution in [0.3, 0.4) is 0 Å². The normalized spacial score (nSPS) is 17.5. The van der Waals surface area contributed by atoms with Crippen LogP contribution in [0.2, 0.25) is 0 Å². The van der Waals surface area contributed by atoms with Crippen LogP contribution in [0.5, 0.6) is 5.75 Å². The Bertz CT molecular complexity index is 950. The number of aromatic nitrogens is 1. The average molecular weight is 352 g/mol. The van der Waals surface area contributed by atoms with Crippen molar-refractivity contribution >= 4 is 16.8 Å². The first kappa shape index (κ1) is 16.6. The van der Waals surface area contributed by atoms with Crippen molar-refractivity contribution in [2.24, 2.45) is 0 Å². The lowest BCUT2D eigenvalue weighted by atomic mass is 9.95. The van der Waals surface area contributed by atoms with Gasteiger partial charge >= 0.3 is 0 Å². The van der Waals surface area contributed by atoms with E-state index in [2.05, 4.69) is 4.98 Å². The van der Waals surface area contributed by atoms with E-state index in [1.165, 1.54) is 12.1 Å². The largest absolute Gasteiger partial charge is 0.497 e. The molecule has 3 aromatic rings. The fourth-order valence-corrected chi connectivity index (χ4v) is 3.74. The van der Waals surface area contributed by atoms with Gasteiger partial charge in [-0.15, -0.1) is 0 Å². The number of nitrogens with one attached hydrogen (secondary N) is 1. The maximum absolute atomic E-state index is 13.7. The molecule has 1 saturated heterocycles. The first-order valence-electron chi connectivity index (χ1n) is 8.89. The summed E-state index contributed by atoms with van der Waals surface area (Å²) in [6.07, 6.45) is 2.85. The average Bonchev–Trinajstić information content (AvgIpc) is 3.10. The van der Waals surface area contributed by atoms with Crippen molar-refractivity contribution in [1.82, 2.24) is 9.88 Å². The Morgan fingerprint density at radius 3 is 2.88 bits per heavy atom. The molecule has 5 heteroatoms. The van der Waals surface area contributed by atoms with E-state index in [9.17, 15) is 9.18 Å². The Balaban J connectivity index is 1.66.